The van der Waals surface area contributed by atoms with Gasteiger partial charge in [-0.15, -0.1) is 0 Å². The molecule has 308 valence electrons. The van der Waals surface area contributed by atoms with Gasteiger partial charge in [0.2, 0.25) is 17.7 Å². The summed E-state index contributed by atoms with van der Waals surface area (Å²) in [5.41, 5.74) is 2.71. The summed E-state index contributed by atoms with van der Waals surface area (Å²) in [7, 11) is 5.01. The molecule has 2 aromatic heterocycles. The van der Waals surface area contributed by atoms with Crippen LogP contribution in [-0.4, -0.2) is 120 Å². The topological polar surface area (TPSA) is 179 Å². The maximum atomic E-state index is 13.4. The lowest BCUT2D eigenvalue weighted by atomic mass is 9.91. The van der Waals surface area contributed by atoms with E-state index in [1.807, 2.05) is 29.3 Å². The molecule has 6 heterocycles. The van der Waals surface area contributed by atoms with E-state index in [1.165, 1.54) is 6.07 Å². The number of piperidine rings is 2. The number of fused-ring (bicyclic) bond motifs is 3. The average molecular weight is 807 g/mol. The number of hydrogen-bond acceptors (Lipinski definition) is 12. The number of carbonyl (C=O) groups excluding carboxylic acids is 5. The lowest BCUT2D eigenvalue weighted by Gasteiger charge is -2.39. The molecule has 0 radical (unpaired) electrons. The zero-order valence-corrected chi connectivity index (χ0v) is 33.2. The fraction of sp³-hybridized carbons (Fsp3) is 0.419. The molecule has 4 aliphatic rings. The first kappa shape index (κ1) is 39.7. The Morgan fingerprint density at radius 2 is 1.66 bits per heavy atom. The summed E-state index contributed by atoms with van der Waals surface area (Å²) in [6.45, 7) is 3.15. The molecule has 3 unspecified atom stereocenters. The van der Waals surface area contributed by atoms with Crippen LogP contribution in [0.3, 0.4) is 0 Å². The van der Waals surface area contributed by atoms with Crippen LogP contribution in [0.5, 0.6) is 17.2 Å². The van der Waals surface area contributed by atoms with Gasteiger partial charge in [-0.2, -0.15) is 0 Å². The number of aryl methyl sites for hydroxylation is 1. The van der Waals surface area contributed by atoms with Crippen molar-refractivity contribution in [3.8, 4) is 28.4 Å². The first-order valence-corrected chi connectivity index (χ1v) is 19.8. The van der Waals surface area contributed by atoms with E-state index in [9.17, 15) is 28.8 Å². The van der Waals surface area contributed by atoms with Gasteiger partial charge in [0.15, 0.2) is 0 Å². The number of ether oxygens (including phenoxy) is 4. The van der Waals surface area contributed by atoms with E-state index in [1.54, 1.807) is 50.4 Å². The number of rotatable bonds is 13. The minimum absolute atomic E-state index is 0.00829. The number of nitrogens with zero attached hydrogens (tertiary/aromatic N) is 5. The Hall–Kier alpha value is -6.13. The van der Waals surface area contributed by atoms with Crippen LogP contribution in [-0.2, 0) is 32.7 Å². The third-order valence-corrected chi connectivity index (χ3v) is 12.0. The molecule has 59 heavy (non-hydrogen) atoms. The van der Waals surface area contributed by atoms with Gasteiger partial charge in [0.05, 0.1) is 55.9 Å². The molecule has 16 nitrogen and oxygen atoms in total. The summed E-state index contributed by atoms with van der Waals surface area (Å²) in [5, 5.41) is 3.52. The van der Waals surface area contributed by atoms with Gasteiger partial charge in [-0.05, 0) is 73.0 Å². The van der Waals surface area contributed by atoms with E-state index in [2.05, 4.69) is 15.2 Å². The summed E-state index contributed by atoms with van der Waals surface area (Å²) in [6, 6.07) is 9.59. The Labute approximate surface area is 339 Å². The molecule has 1 N–H and O–H groups in total. The van der Waals surface area contributed by atoms with E-state index in [0.29, 0.717) is 42.4 Å². The summed E-state index contributed by atoms with van der Waals surface area (Å²) in [5.74, 6) is -0.352. The second kappa shape index (κ2) is 16.6. The number of likely N-dealkylation sites (tertiary alicyclic amines) is 2. The molecule has 0 spiro atoms. The average Bonchev–Trinajstić information content (AvgIpc) is 3.76. The number of aromatic nitrogens is 2. The predicted molar refractivity (Wildman–Crippen MR) is 213 cm³/mol. The first-order chi connectivity index (χ1) is 28.6. The standard InChI is InChI=1S/C43H46N6O10/c1-46-22-30(27-9-13-44-21-29(27)41(46)53)26-19-35(56-2)31(36(20-26)57-3)23-47-14-10-25-11-15-48(24-33(25)47)38(51)12-16-58-17-18-59-34-6-4-5-28-39(34)43(55)49(42(28)54)32-7-8-37(50)45-40(32)52/h4-6,9,13,19-22,25,32-33H,7-8,10-12,14-18,23-24H2,1-3H3,(H,45,50,52). The maximum Gasteiger partial charge on any atom is 0.266 e. The quantitative estimate of drug-likeness (QED) is 0.155. The molecule has 3 saturated heterocycles. The summed E-state index contributed by atoms with van der Waals surface area (Å²) < 4.78 is 25.1. The number of nitrogens with one attached hydrogen (secondary N) is 1. The second-order valence-electron chi connectivity index (χ2n) is 15.3. The van der Waals surface area contributed by atoms with Gasteiger partial charge in [0.25, 0.3) is 17.4 Å². The van der Waals surface area contributed by atoms with Crippen LogP contribution in [0.15, 0.2) is 59.8 Å². The maximum absolute atomic E-state index is 13.4. The highest BCUT2D eigenvalue weighted by molar-refractivity contribution is 6.24. The normalized spacial score (nSPS) is 20.5. The molecule has 2 aromatic carbocycles. The van der Waals surface area contributed by atoms with Crippen molar-refractivity contribution in [1.29, 1.82) is 0 Å². The van der Waals surface area contributed by atoms with Gasteiger partial charge in [-0.3, -0.25) is 48.9 Å². The molecule has 4 aliphatic heterocycles. The van der Waals surface area contributed by atoms with E-state index in [-0.39, 0.29) is 73.5 Å². The van der Waals surface area contributed by atoms with Crippen LogP contribution >= 0.6 is 0 Å². The van der Waals surface area contributed by atoms with Gasteiger partial charge in [0, 0.05) is 63.3 Å². The molecule has 8 rings (SSSR count). The number of amides is 5. The SMILES string of the molecule is COc1cc(-c2cn(C)c(=O)c3cnccc23)cc(OC)c1CN1CCC2CCN(C(=O)CCOCCOc3cccc4c3C(=O)N(C3CCC(=O)NC3=O)C4=O)CC21. The monoisotopic (exact) mass is 806 g/mol. The highest BCUT2D eigenvalue weighted by Crippen LogP contribution is 2.41. The first-order valence-electron chi connectivity index (χ1n) is 19.8. The Morgan fingerprint density at radius 3 is 2.42 bits per heavy atom. The lowest BCUT2D eigenvalue weighted by Crippen LogP contribution is -2.54. The number of methoxy groups -OCH3 is 2. The summed E-state index contributed by atoms with van der Waals surface area (Å²) in [4.78, 5) is 86.1. The molecular formula is C43H46N6O10. The van der Waals surface area contributed by atoms with Crippen molar-refractivity contribution >= 4 is 40.3 Å². The lowest BCUT2D eigenvalue weighted by molar-refractivity contribution is -0.136. The fourth-order valence-electron chi connectivity index (χ4n) is 8.93. The smallest absolute Gasteiger partial charge is 0.266 e. The molecule has 4 aromatic rings. The predicted octanol–water partition coefficient (Wildman–Crippen LogP) is 2.93. The summed E-state index contributed by atoms with van der Waals surface area (Å²) in [6.07, 6.45) is 7.32. The van der Waals surface area contributed by atoms with Crippen LogP contribution in [0.2, 0.25) is 0 Å². The molecule has 3 fully saturated rings. The van der Waals surface area contributed by atoms with E-state index >= 15 is 0 Å². The van der Waals surface area contributed by atoms with Crippen LogP contribution in [0, 0.1) is 5.92 Å². The minimum Gasteiger partial charge on any atom is -0.496 e. The van der Waals surface area contributed by atoms with Crippen LogP contribution in [0.4, 0.5) is 0 Å². The van der Waals surface area contributed by atoms with Crippen LogP contribution in [0.1, 0.15) is 58.4 Å². The number of pyridine rings is 2. The largest absolute Gasteiger partial charge is 0.496 e. The van der Waals surface area contributed by atoms with Gasteiger partial charge in [-0.1, -0.05) is 6.07 Å². The molecule has 5 amide bonds. The fourth-order valence-corrected chi connectivity index (χ4v) is 8.93. The molecule has 0 saturated carbocycles. The highest BCUT2D eigenvalue weighted by atomic mass is 16.5. The van der Waals surface area contributed by atoms with Gasteiger partial charge >= 0.3 is 0 Å². The molecule has 16 heteroatoms. The third kappa shape index (κ3) is 7.53. The Kier molecular flexibility index (Phi) is 11.2. The van der Waals surface area contributed by atoms with Crippen LogP contribution < -0.4 is 25.1 Å². The van der Waals surface area contributed by atoms with E-state index in [0.717, 1.165) is 46.4 Å². The van der Waals surface area contributed by atoms with Gasteiger partial charge < -0.3 is 28.4 Å². The van der Waals surface area contributed by atoms with Crippen molar-refractivity contribution in [3.63, 3.8) is 0 Å². The molecule has 3 atom stereocenters. The summed E-state index contributed by atoms with van der Waals surface area (Å²) >= 11 is 0. The van der Waals surface area contributed by atoms with Crippen molar-refractivity contribution in [2.24, 2.45) is 13.0 Å². The second-order valence-corrected chi connectivity index (χ2v) is 15.3. The van der Waals surface area contributed by atoms with Crippen molar-refractivity contribution in [2.45, 2.75) is 50.7 Å². The number of benzene rings is 2. The Morgan fingerprint density at radius 1 is 0.881 bits per heavy atom. The molecule has 0 aliphatic carbocycles. The van der Waals surface area contributed by atoms with Crippen molar-refractivity contribution in [1.82, 2.24) is 29.6 Å². The number of hydrogen-bond donors (Lipinski definition) is 1. The number of imide groups is 2. The zero-order valence-electron chi connectivity index (χ0n) is 33.2. The molecular weight excluding hydrogens is 761 g/mol. The van der Waals surface area contributed by atoms with Gasteiger partial charge in [0.1, 0.15) is 29.9 Å². The minimum atomic E-state index is -1.07. The number of carbonyl (C=O) groups is 5. The molecule has 0 bridgehead atoms. The van der Waals surface area contributed by atoms with Crippen molar-refractivity contribution < 1.29 is 42.9 Å². The Bertz CT molecular complexity index is 2390. The van der Waals surface area contributed by atoms with Crippen molar-refractivity contribution in [3.05, 3.63) is 82.0 Å². The van der Waals surface area contributed by atoms with Crippen molar-refractivity contribution in [2.75, 3.05) is 53.7 Å². The van der Waals surface area contributed by atoms with E-state index in [4.69, 9.17) is 18.9 Å². The highest BCUT2D eigenvalue weighted by Gasteiger charge is 2.46. The third-order valence-electron chi connectivity index (χ3n) is 12.0. The Balaban J connectivity index is 0.854. The van der Waals surface area contributed by atoms with E-state index < -0.39 is 29.7 Å². The van der Waals surface area contributed by atoms with Gasteiger partial charge in [-0.25, -0.2) is 0 Å². The van der Waals surface area contributed by atoms with Crippen LogP contribution in [0.25, 0.3) is 21.9 Å². The zero-order chi connectivity index (χ0) is 41.4.